The zero-order valence-corrected chi connectivity index (χ0v) is 15.0. The van der Waals surface area contributed by atoms with Gasteiger partial charge in [0, 0.05) is 17.7 Å². The maximum absolute atomic E-state index is 12.6. The predicted molar refractivity (Wildman–Crippen MR) is 99.8 cm³/mol. The van der Waals surface area contributed by atoms with Crippen LogP contribution in [-0.4, -0.2) is 24.2 Å². The monoisotopic (exact) mass is 350 g/mol. The van der Waals surface area contributed by atoms with Crippen LogP contribution in [0.3, 0.4) is 0 Å². The molecule has 0 radical (unpaired) electrons. The van der Waals surface area contributed by atoms with Gasteiger partial charge in [0.1, 0.15) is 34.6 Å². The minimum Gasteiger partial charge on any atom is -0.497 e. The van der Waals surface area contributed by atoms with Gasteiger partial charge in [-0.05, 0) is 37.1 Å². The molecule has 0 atom stereocenters. The predicted octanol–water partition coefficient (Wildman–Crippen LogP) is 3.19. The summed E-state index contributed by atoms with van der Waals surface area (Å²) in [4.78, 5) is 20.0. The average molecular weight is 350 g/mol. The Bertz CT molecular complexity index is 1070. The molecular weight excluding hydrogens is 332 g/mol. The molecule has 0 saturated heterocycles. The van der Waals surface area contributed by atoms with Crippen LogP contribution in [0.15, 0.2) is 29.1 Å². The minimum atomic E-state index is -0.288. The fourth-order valence-corrected chi connectivity index (χ4v) is 2.93. The molecule has 1 N–H and O–H groups in total. The summed E-state index contributed by atoms with van der Waals surface area (Å²) >= 11 is 0. The van der Waals surface area contributed by atoms with Crippen LogP contribution < -0.4 is 19.8 Å². The zero-order valence-electron chi connectivity index (χ0n) is 15.0. The lowest BCUT2D eigenvalue weighted by atomic mass is 10.0. The number of hydrogen-bond acceptors (Lipinski definition) is 5. The molecular formula is C20H18N2O4. The number of aromatic amines is 1. The largest absolute Gasteiger partial charge is 0.497 e. The molecule has 2 aromatic carbocycles. The van der Waals surface area contributed by atoms with E-state index in [9.17, 15) is 4.79 Å². The summed E-state index contributed by atoms with van der Waals surface area (Å²) in [6, 6.07) is 7.08. The number of rotatable bonds is 4. The van der Waals surface area contributed by atoms with Crippen molar-refractivity contribution in [3.05, 3.63) is 45.7 Å². The van der Waals surface area contributed by atoms with Crippen molar-refractivity contribution in [3.63, 3.8) is 0 Å². The lowest BCUT2D eigenvalue weighted by molar-refractivity contribution is 0.397. The van der Waals surface area contributed by atoms with Gasteiger partial charge >= 0.3 is 0 Å². The first-order valence-electron chi connectivity index (χ1n) is 7.88. The second kappa shape index (κ2) is 6.81. The molecule has 0 unspecified atom stereocenters. The molecule has 6 nitrogen and oxygen atoms in total. The Morgan fingerprint density at radius 1 is 1.08 bits per heavy atom. The van der Waals surface area contributed by atoms with Crippen molar-refractivity contribution < 1.29 is 14.2 Å². The molecule has 0 spiro atoms. The van der Waals surface area contributed by atoms with Crippen molar-refractivity contribution >= 4 is 10.9 Å². The first kappa shape index (κ1) is 17.4. The first-order valence-corrected chi connectivity index (χ1v) is 7.88. The molecule has 1 aromatic heterocycles. The molecule has 1 heterocycles. The fourth-order valence-electron chi connectivity index (χ4n) is 2.93. The van der Waals surface area contributed by atoms with E-state index in [2.05, 4.69) is 16.1 Å². The molecule has 0 amide bonds. The van der Waals surface area contributed by atoms with E-state index in [-0.39, 0.29) is 5.56 Å². The van der Waals surface area contributed by atoms with Crippen LogP contribution in [0.25, 0.3) is 22.3 Å². The summed E-state index contributed by atoms with van der Waals surface area (Å²) in [5.74, 6) is 2.03. The molecule has 0 aliphatic carbocycles. The van der Waals surface area contributed by atoms with Gasteiger partial charge in [0.15, 0.2) is 0 Å². The van der Waals surface area contributed by atoms with E-state index < -0.39 is 0 Å². The summed E-state index contributed by atoms with van der Waals surface area (Å²) in [6.07, 6.45) is 7.41. The van der Waals surface area contributed by atoms with E-state index >= 15 is 0 Å². The number of nitrogens with one attached hydrogen (secondary N) is 1. The summed E-state index contributed by atoms with van der Waals surface area (Å²) in [6.45, 7) is 3.77. The van der Waals surface area contributed by atoms with Gasteiger partial charge in [-0.15, -0.1) is 0 Å². The smallest absolute Gasteiger partial charge is 0.262 e. The highest BCUT2D eigenvalue weighted by atomic mass is 16.5. The van der Waals surface area contributed by atoms with Crippen LogP contribution in [0.2, 0.25) is 0 Å². The number of aromatic nitrogens is 2. The van der Waals surface area contributed by atoms with Gasteiger partial charge in [-0.3, -0.25) is 4.79 Å². The highest BCUT2D eigenvalue weighted by Crippen LogP contribution is 2.31. The lowest BCUT2D eigenvalue weighted by Gasteiger charge is -2.12. The molecule has 0 aliphatic rings. The fraction of sp³-hybridized carbons (Fsp3) is 0.200. The molecule has 6 heteroatoms. The van der Waals surface area contributed by atoms with E-state index in [1.165, 1.54) is 7.11 Å². The quantitative estimate of drug-likeness (QED) is 0.732. The average Bonchev–Trinajstić information content (AvgIpc) is 2.63. The number of benzene rings is 2. The molecule has 3 rings (SSSR count). The number of H-pyrrole nitrogens is 1. The van der Waals surface area contributed by atoms with Gasteiger partial charge in [0.25, 0.3) is 5.56 Å². The second-order valence-corrected chi connectivity index (χ2v) is 5.80. The summed E-state index contributed by atoms with van der Waals surface area (Å²) in [5.41, 5.74) is 2.65. The number of nitrogens with zero attached hydrogens (tertiary/aromatic N) is 1. The van der Waals surface area contributed by atoms with Crippen molar-refractivity contribution in [2.24, 2.45) is 0 Å². The van der Waals surface area contributed by atoms with Crippen LogP contribution in [-0.2, 0) is 0 Å². The van der Waals surface area contributed by atoms with Crippen LogP contribution in [0, 0.1) is 26.4 Å². The van der Waals surface area contributed by atoms with Crippen LogP contribution >= 0.6 is 0 Å². The highest BCUT2D eigenvalue weighted by molar-refractivity contribution is 5.87. The third-order valence-corrected chi connectivity index (χ3v) is 4.10. The second-order valence-electron chi connectivity index (χ2n) is 5.80. The number of aryl methyl sites for hydroxylation is 2. The Kier molecular flexibility index (Phi) is 4.55. The highest BCUT2D eigenvalue weighted by Gasteiger charge is 2.14. The third-order valence-electron chi connectivity index (χ3n) is 4.10. The molecule has 0 bridgehead atoms. The van der Waals surface area contributed by atoms with E-state index in [0.717, 1.165) is 16.7 Å². The first-order chi connectivity index (χ1) is 12.5. The van der Waals surface area contributed by atoms with E-state index in [1.807, 2.05) is 26.0 Å². The Hall–Kier alpha value is -3.46. The van der Waals surface area contributed by atoms with Crippen molar-refractivity contribution in [2.45, 2.75) is 13.8 Å². The SMILES string of the molecule is C#COc1c(C)cc(-c2nc3cc(OC)cc(OC)c3c(=O)[nH]2)cc1C. The van der Waals surface area contributed by atoms with Gasteiger partial charge in [-0.25, -0.2) is 4.98 Å². The maximum atomic E-state index is 12.6. The topological polar surface area (TPSA) is 73.4 Å². The van der Waals surface area contributed by atoms with Gasteiger partial charge in [0.05, 0.1) is 19.7 Å². The van der Waals surface area contributed by atoms with Gasteiger partial charge in [-0.1, -0.05) is 6.42 Å². The van der Waals surface area contributed by atoms with Crippen molar-refractivity contribution in [3.8, 4) is 41.2 Å². The van der Waals surface area contributed by atoms with Crippen molar-refractivity contribution in [1.29, 1.82) is 0 Å². The number of fused-ring (bicyclic) bond motifs is 1. The Morgan fingerprint density at radius 2 is 1.77 bits per heavy atom. The van der Waals surface area contributed by atoms with Gasteiger partial charge in [0.2, 0.25) is 0 Å². The molecule has 0 saturated carbocycles. The van der Waals surface area contributed by atoms with Gasteiger partial charge < -0.3 is 19.2 Å². The Labute approximate surface area is 150 Å². The normalized spacial score (nSPS) is 10.4. The maximum Gasteiger partial charge on any atom is 0.262 e. The molecule has 0 aliphatic heterocycles. The standard InChI is InChI=1S/C20H18N2O4/c1-6-26-18-11(2)7-13(8-12(18)3)19-21-15-9-14(24-4)10-16(25-5)17(15)20(23)22-19/h1,7-10H,2-5H3,(H,21,22,23). The molecule has 26 heavy (non-hydrogen) atoms. The summed E-state index contributed by atoms with van der Waals surface area (Å²) in [5, 5.41) is 0.373. The number of methoxy groups -OCH3 is 2. The Balaban J connectivity index is 2.24. The summed E-state index contributed by atoms with van der Waals surface area (Å²) < 4.78 is 15.8. The van der Waals surface area contributed by atoms with Gasteiger partial charge in [-0.2, -0.15) is 0 Å². The van der Waals surface area contributed by atoms with E-state index in [1.54, 1.807) is 19.2 Å². The minimum absolute atomic E-state index is 0.288. The van der Waals surface area contributed by atoms with E-state index in [4.69, 9.17) is 20.6 Å². The third kappa shape index (κ3) is 2.95. The molecule has 132 valence electrons. The lowest BCUT2D eigenvalue weighted by Crippen LogP contribution is -2.11. The van der Waals surface area contributed by atoms with Crippen molar-refractivity contribution in [1.82, 2.24) is 9.97 Å². The molecule has 3 aromatic rings. The number of terminal acetylenes is 1. The zero-order chi connectivity index (χ0) is 18.8. The van der Waals surface area contributed by atoms with Crippen LogP contribution in [0.1, 0.15) is 11.1 Å². The van der Waals surface area contributed by atoms with E-state index in [0.29, 0.717) is 34.0 Å². The summed E-state index contributed by atoms with van der Waals surface area (Å²) in [7, 11) is 3.05. The number of hydrogen-bond donors (Lipinski definition) is 1. The van der Waals surface area contributed by atoms with Crippen molar-refractivity contribution in [2.75, 3.05) is 14.2 Å². The molecule has 0 fully saturated rings. The number of ether oxygens (including phenoxy) is 3. The van der Waals surface area contributed by atoms with Crippen LogP contribution in [0.5, 0.6) is 17.2 Å². The Morgan fingerprint density at radius 3 is 2.35 bits per heavy atom. The van der Waals surface area contributed by atoms with Crippen LogP contribution in [0.4, 0.5) is 0 Å².